The summed E-state index contributed by atoms with van der Waals surface area (Å²) in [5.41, 5.74) is -3.31. The fourth-order valence-electron chi connectivity index (χ4n) is 4.27. The van der Waals surface area contributed by atoms with Crippen LogP contribution in [0.5, 0.6) is 0 Å². The van der Waals surface area contributed by atoms with Crippen LogP contribution in [0.25, 0.3) is 0 Å². The molecule has 1 heterocycles. The topological polar surface area (TPSA) is 35.9 Å². The second-order valence-electron chi connectivity index (χ2n) is 8.34. The Kier molecular flexibility index (Phi) is 9.60. The van der Waals surface area contributed by atoms with Crippen molar-refractivity contribution in [2.24, 2.45) is 4.99 Å². The van der Waals surface area contributed by atoms with Crippen LogP contribution in [0.4, 0.5) is 32.0 Å². The normalized spacial score (nSPS) is 21.0. The zero-order chi connectivity index (χ0) is 24.4. The number of amides is 1. The van der Waals surface area contributed by atoms with Crippen molar-refractivity contribution in [3.63, 3.8) is 0 Å². The molecular formula is C22H28ClF6N3OS. The Morgan fingerprint density at radius 2 is 1.62 bits per heavy atom. The lowest BCUT2D eigenvalue weighted by atomic mass is 9.96. The predicted molar refractivity (Wildman–Crippen MR) is 124 cm³/mol. The van der Waals surface area contributed by atoms with Crippen molar-refractivity contribution in [2.45, 2.75) is 76.9 Å². The number of hydrogen-bond donors (Lipinski definition) is 0. The Balaban J connectivity index is 0.00000408. The molecule has 1 aromatic carbocycles. The van der Waals surface area contributed by atoms with Gasteiger partial charge in [-0.2, -0.15) is 26.3 Å². The summed E-state index contributed by atoms with van der Waals surface area (Å²) in [7, 11) is 0. The Labute approximate surface area is 205 Å². The third-order valence-electron chi connectivity index (χ3n) is 5.79. The van der Waals surface area contributed by atoms with Crippen LogP contribution in [-0.2, 0) is 17.1 Å². The molecule has 2 aliphatic rings. The first-order valence-electron chi connectivity index (χ1n) is 11.0. The number of amidine groups is 1. The molecule has 1 aliphatic heterocycles. The van der Waals surface area contributed by atoms with Crippen LogP contribution in [0.15, 0.2) is 23.2 Å². The molecule has 0 spiro atoms. The molecule has 1 saturated carbocycles. The number of carbonyl (C=O) groups is 1. The van der Waals surface area contributed by atoms with Crippen LogP contribution in [0.1, 0.15) is 63.5 Å². The van der Waals surface area contributed by atoms with Gasteiger partial charge in [0.15, 0.2) is 5.17 Å². The predicted octanol–water partition coefficient (Wildman–Crippen LogP) is 6.97. The quantitative estimate of drug-likeness (QED) is 0.385. The van der Waals surface area contributed by atoms with Crippen LogP contribution >= 0.6 is 24.2 Å². The third kappa shape index (κ3) is 6.74. The first-order chi connectivity index (χ1) is 15.4. The summed E-state index contributed by atoms with van der Waals surface area (Å²) >= 11 is 1.39. The number of anilines is 1. The molecule has 1 saturated heterocycles. The summed E-state index contributed by atoms with van der Waals surface area (Å²) < 4.78 is 80.4. The van der Waals surface area contributed by atoms with Gasteiger partial charge < -0.3 is 4.90 Å². The maximum absolute atomic E-state index is 13.4. The van der Waals surface area contributed by atoms with Gasteiger partial charge >= 0.3 is 12.4 Å². The lowest BCUT2D eigenvalue weighted by Crippen LogP contribution is -2.50. The highest BCUT2D eigenvalue weighted by Gasteiger charge is 2.41. The van der Waals surface area contributed by atoms with Crippen molar-refractivity contribution in [1.82, 2.24) is 4.90 Å². The van der Waals surface area contributed by atoms with E-state index in [-0.39, 0.29) is 24.5 Å². The monoisotopic (exact) mass is 531 g/mol. The van der Waals surface area contributed by atoms with E-state index in [9.17, 15) is 31.1 Å². The zero-order valence-corrected chi connectivity index (χ0v) is 20.5. The molecule has 0 bridgehead atoms. The number of nitrogens with zero attached hydrogens (tertiary/aromatic N) is 3. The molecule has 0 radical (unpaired) electrons. The first kappa shape index (κ1) is 28.6. The molecule has 0 N–H and O–H groups in total. The molecule has 1 unspecified atom stereocenters. The molecule has 2 fully saturated rings. The fourth-order valence-corrected chi connectivity index (χ4v) is 5.50. The highest BCUT2D eigenvalue weighted by atomic mass is 35.5. The summed E-state index contributed by atoms with van der Waals surface area (Å²) in [5, 5.41) is 0.697. The second-order valence-corrected chi connectivity index (χ2v) is 9.33. The maximum atomic E-state index is 13.4. The van der Waals surface area contributed by atoms with Gasteiger partial charge in [0.25, 0.3) is 0 Å². The van der Waals surface area contributed by atoms with Crippen molar-refractivity contribution in [3.8, 4) is 0 Å². The van der Waals surface area contributed by atoms with Crippen molar-refractivity contribution < 1.29 is 31.1 Å². The Bertz CT molecular complexity index is 854. The average Bonchev–Trinajstić information content (AvgIpc) is 3.09. The van der Waals surface area contributed by atoms with Gasteiger partial charge in [0.05, 0.1) is 17.2 Å². The maximum Gasteiger partial charge on any atom is 0.416 e. The summed E-state index contributed by atoms with van der Waals surface area (Å²) in [6.45, 7) is 3.55. The van der Waals surface area contributed by atoms with Crippen LogP contribution in [0.2, 0.25) is 0 Å². The van der Waals surface area contributed by atoms with Gasteiger partial charge in [0.1, 0.15) is 6.17 Å². The number of halogens is 7. The molecule has 34 heavy (non-hydrogen) atoms. The second kappa shape index (κ2) is 11.4. The van der Waals surface area contributed by atoms with Gasteiger partial charge in [-0.1, -0.05) is 37.9 Å². The van der Waals surface area contributed by atoms with Gasteiger partial charge in [-0.15, -0.1) is 12.4 Å². The van der Waals surface area contributed by atoms with E-state index in [0.717, 1.165) is 43.9 Å². The number of aliphatic imine (C=N–C) groups is 1. The zero-order valence-electron chi connectivity index (χ0n) is 18.9. The van der Waals surface area contributed by atoms with E-state index in [2.05, 4.69) is 0 Å². The van der Waals surface area contributed by atoms with Crippen molar-refractivity contribution >= 4 is 40.9 Å². The molecule has 192 valence electrons. The van der Waals surface area contributed by atoms with Crippen LogP contribution in [0.3, 0.4) is 0 Å². The SMILES string of the molecule is CCCN1C(=NC2CCCCC2)SCC1N(C(C)=O)c1cc(C(F)(F)F)cc(C(F)(F)F)c1.Cl. The standard InChI is InChI=1S/C22H27F6N3OS.ClH/c1-3-9-30-19(13-33-20(30)29-17-7-5-4-6-8-17)31(14(2)32)18-11-15(21(23,24)25)10-16(12-18)22(26,27)28;/h10-12,17,19H,3-9,13H2,1-2H3;1H. The third-order valence-corrected chi connectivity index (χ3v) is 6.85. The highest BCUT2D eigenvalue weighted by molar-refractivity contribution is 8.14. The minimum Gasteiger partial charge on any atom is -0.330 e. The summed E-state index contributed by atoms with van der Waals surface area (Å²) in [6, 6.07) is 1.45. The molecule has 1 atom stereocenters. The fraction of sp³-hybridized carbons (Fsp3) is 0.636. The van der Waals surface area contributed by atoms with E-state index >= 15 is 0 Å². The van der Waals surface area contributed by atoms with Gasteiger partial charge in [0.2, 0.25) is 5.91 Å². The van der Waals surface area contributed by atoms with E-state index in [1.165, 1.54) is 11.8 Å². The van der Waals surface area contributed by atoms with Crippen LogP contribution < -0.4 is 4.90 Å². The van der Waals surface area contributed by atoms with E-state index in [0.29, 0.717) is 36.0 Å². The van der Waals surface area contributed by atoms with Crippen LogP contribution in [0, 0.1) is 0 Å². The lowest BCUT2D eigenvalue weighted by Gasteiger charge is -2.36. The number of alkyl halides is 6. The molecule has 1 amide bonds. The minimum absolute atomic E-state index is 0. The average molecular weight is 532 g/mol. The largest absolute Gasteiger partial charge is 0.416 e. The number of hydrogen-bond acceptors (Lipinski definition) is 3. The van der Waals surface area contributed by atoms with Gasteiger partial charge in [-0.05, 0) is 37.5 Å². The Morgan fingerprint density at radius 3 is 2.09 bits per heavy atom. The molecule has 4 nitrogen and oxygen atoms in total. The summed E-state index contributed by atoms with van der Waals surface area (Å²) in [4.78, 5) is 20.3. The molecule has 1 aromatic rings. The highest BCUT2D eigenvalue weighted by Crippen LogP contribution is 2.40. The van der Waals surface area contributed by atoms with Crippen molar-refractivity contribution in [1.29, 1.82) is 0 Å². The van der Waals surface area contributed by atoms with E-state index < -0.39 is 41.2 Å². The van der Waals surface area contributed by atoms with Gasteiger partial charge in [-0.25, -0.2) is 0 Å². The lowest BCUT2D eigenvalue weighted by molar-refractivity contribution is -0.143. The van der Waals surface area contributed by atoms with Gasteiger partial charge in [-0.3, -0.25) is 14.7 Å². The van der Waals surface area contributed by atoms with Gasteiger partial charge in [0, 0.05) is 24.9 Å². The summed E-state index contributed by atoms with van der Waals surface area (Å²) in [6.07, 6.45) is -4.80. The number of thioether (sulfide) groups is 1. The van der Waals surface area contributed by atoms with Crippen molar-refractivity contribution in [2.75, 3.05) is 17.2 Å². The minimum atomic E-state index is -4.99. The number of rotatable bonds is 5. The summed E-state index contributed by atoms with van der Waals surface area (Å²) in [5.74, 6) is -0.323. The number of benzene rings is 1. The molecule has 12 heteroatoms. The molecule has 1 aliphatic carbocycles. The molecule has 3 rings (SSSR count). The number of carbonyl (C=O) groups excluding carboxylic acids is 1. The smallest absolute Gasteiger partial charge is 0.330 e. The van der Waals surface area contributed by atoms with E-state index in [1.807, 2.05) is 11.8 Å². The first-order valence-corrected chi connectivity index (χ1v) is 12.0. The van der Waals surface area contributed by atoms with Crippen molar-refractivity contribution in [3.05, 3.63) is 29.3 Å². The van der Waals surface area contributed by atoms with E-state index in [1.54, 1.807) is 0 Å². The van der Waals surface area contributed by atoms with E-state index in [4.69, 9.17) is 4.99 Å². The van der Waals surface area contributed by atoms with Crippen LogP contribution in [-0.4, -0.2) is 40.5 Å². The Morgan fingerprint density at radius 1 is 1.06 bits per heavy atom. The molecular weight excluding hydrogens is 504 g/mol. The Hall–Kier alpha value is -1.62. The molecule has 0 aromatic heterocycles.